The van der Waals surface area contributed by atoms with Crippen molar-refractivity contribution in [3.63, 3.8) is 0 Å². The first-order valence-electron chi connectivity index (χ1n) is 11.7. The van der Waals surface area contributed by atoms with Gasteiger partial charge in [0, 0.05) is 39.1 Å². The Bertz CT molecular complexity index is 848. The normalized spacial score (nSPS) is 22.5. The first-order valence-corrected chi connectivity index (χ1v) is 11.7. The van der Waals surface area contributed by atoms with Crippen LogP contribution in [0.1, 0.15) is 64.1 Å². The summed E-state index contributed by atoms with van der Waals surface area (Å²) in [7, 11) is 0. The molecule has 3 amide bonds. The highest BCUT2D eigenvalue weighted by molar-refractivity contribution is 5.85. The van der Waals surface area contributed by atoms with Crippen molar-refractivity contribution in [3.05, 3.63) is 35.4 Å². The van der Waals surface area contributed by atoms with E-state index in [1.54, 1.807) is 4.90 Å². The Kier molecular flexibility index (Phi) is 7.47. The van der Waals surface area contributed by atoms with Crippen molar-refractivity contribution in [1.29, 1.82) is 0 Å². The Morgan fingerprint density at radius 1 is 1.06 bits per heavy atom. The molecule has 0 bridgehead atoms. The lowest BCUT2D eigenvalue weighted by Crippen LogP contribution is -2.50. The highest BCUT2D eigenvalue weighted by atomic mass is 16.6. The van der Waals surface area contributed by atoms with Crippen LogP contribution in [0.15, 0.2) is 24.3 Å². The first kappa shape index (κ1) is 24.1. The molecule has 2 aliphatic heterocycles. The van der Waals surface area contributed by atoms with E-state index in [4.69, 9.17) is 4.74 Å². The first-order chi connectivity index (χ1) is 15.1. The van der Waals surface area contributed by atoms with Crippen molar-refractivity contribution >= 4 is 17.9 Å². The minimum Gasteiger partial charge on any atom is -0.444 e. The zero-order chi connectivity index (χ0) is 23.5. The third kappa shape index (κ3) is 5.43. The average molecular weight is 444 g/mol. The molecule has 176 valence electrons. The number of piperidine rings is 1. The second-order valence-corrected chi connectivity index (χ2v) is 9.77. The maximum absolute atomic E-state index is 13.7. The molecule has 0 aliphatic carbocycles. The van der Waals surface area contributed by atoms with E-state index in [1.165, 1.54) is 0 Å². The molecule has 7 heteroatoms. The summed E-state index contributed by atoms with van der Waals surface area (Å²) in [6.45, 7) is 12.3. The lowest BCUT2D eigenvalue weighted by Gasteiger charge is -2.42. The number of hydrogen-bond donors (Lipinski definition) is 0. The topological polar surface area (TPSA) is 70.2 Å². The van der Waals surface area contributed by atoms with E-state index < -0.39 is 5.60 Å². The number of carbonyl (C=O) groups excluding carboxylic acids is 3. The van der Waals surface area contributed by atoms with Crippen molar-refractivity contribution in [2.24, 2.45) is 5.92 Å². The van der Waals surface area contributed by atoms with Gasteiger partial charge in [0.1, 0.15) is 5.60 Å². The molecule has 1 aromatic rings. The number of amides is 3. The maximum atomic E-state index is 13.7. The average Bonchev–Trinajstić information content (AvgIpc) is 2.99. The third-order valence-corrected chi connectivity index (χ3v) is 6.33. The quantitative estimate of drug-likeness (QED) is 0.713. The van der Waals surface area contributed by atoms with Gasteiger partial charge in [0.05, 0.1) is 12.0 Å². The van der Waals surface area contributed by atoms with E-state index in [9.17, 15) is 14.4 Å². The summed E-state index contributed by atoms with van der Waals surface area (Å²) in [5.74, 6) is -0.0890. The van der Waals surface area contributed by atoms with Crippen molar-refractivity contribution in [2.75, 3.05) is 32.7 Å². The van der Waals surface area contributed by atoms with Gasteiger partial charge in [-0.2, -0.15) is 0 Å². The molecular weight excluding hydrogens is 406 g/mol. The van der Waals surface area contributed by atoms with Crippen LogP contribution >= 0.6 is 0 Å². The van der Waals surface area contributed by atoms with Gasteiger partial charge in [0.15, 0.2) is 0 Å². The molecule has 0 N–H and O–H groups in total. The second-order valence-electron chi connectivity index (χ2n) is 9.77. The molecule has 2 atom stereocenters. The van der Waals surface area contributed by atoms with E-state index in [0.29, 0.717) is 52.0 Å². The lowest BCUT2D eigenvalue weighted by molar-refractivity contribution is -0.147. The van der Waals surface area contributed by atoms with Crippen LogP contribution in [0.4, 0.5) is 4.79 Å². The van der Waals surface area contributed by atoms with Gasteiger partial charge in [-0.1, -0.05) is 24.3 Å². The summed E-state index contributed by atoms with van der Waals surface area (Å²) >= 11 is 0. The zero-order valence-electron chi connectivity index (χ0n) is 20.1. The molecule has 0 unspecified atom stereocenters. The molecule has 1 aromatic carbocycles. The number of likely N-dealkylation sites (tertiary alicyclic amines) is 1. The number of ether oxygens (including phenoxy) is 1. The summed E-state index contributed by atoms with van der Waals surface area (Å²) in [6.07, 6.45) is 1.33. The Morgan fingerprint density at radius 3 is 2.38 bits per heavy atom. The van der Waals surface area contributed by atoms with E-state index in [2.05, 4.69) is 0 Å². The fraction of sp³-hybridized carbons (Fsp3) is 0.640. The standard InChI is InChI=1S/C25H37N3O4/c1-6-28-21(29)13-12-20(22(28)19-11-8-7-10-18(19)2)23(30)26-14-9-15-27(17-16-26)24(31)32-25(3,4)5/h7-8,10-11,20,22H,6,9,12-17H2,1-5H3/t20-,22+/m1/s1. The summed E-state index contributed by atoms with van der Waals surface area (Å²) in [5.41, 5.74) is 1.60. The Labute approximate surface area is 191 Å². The van der Waals surface area contributed by atoms with Gasteiger partial charge in [-0.3, -0.25) is 9.59 Å². The number of carbonyl (C=O) groups is 3. The minimum absolute atomic E-state index is 0.0789. The number of benzene rings is 1. The van der Waals surface area contributed by atoms with Crippen LogP contribution in [0, 0.1) is 12.8 Å². The van der Waals surface area contributed by atoms with Crippen molar-refractivity contribution in [2.45, 2.75) is 65.5 Å². The molecule has 2 heterocycles. The fourth-order valence-electron chi connectivity index (χ4n) is 4.77. The number of nitrogens with zero attached hydrogens (tertiary/aromatic N) is 3. The monoisotopic (exact) mass is 443 g/mol. The molecule has 0 spiro atoms. The van der Waals surface area contributed by atoms with Crippen molar-refractivity contribution in [1.82, 2.24) is 14.7 Å². The van der Waals surface area contributed by atoms with E-state index in [1.807, 2.05) is 68.7 Å². The summed E-state index contributed by atoms with van der Waals surface area (Å²) < 4.78 is 5.51. The molecule has 2 aliphatic rings. The van der Waals surface area contributed by atoms with Gasteiger partial charge in [0.25, 0.3) is 0 Å². The summed E-state index contributed by atoms with van der Waals surface area (Å²) in [4.78, 5) is 44.3. The molecule has 0 radical (unpaired) electrons. The van der Waals surface area contributed by atoms with Gasteiger partial charge in [-0.15, -0.1) is 0 Å². The number of rotatable bonds is 3. The highest BCUT2D eigenvalue weighted by Crippen LogP contribution is 2.39. The van der Waals surface area contributed by atoms with Crippen molar-refractivity contribution < 1.29 is 19.1 Å². The lowest BCUT2D eigenvalue weighted by atomic mass is 9.81. The molecule has 2 saturated heterocycles. The second kappa shape index (κ2) is 9.92. The van der Waals surface area contributed by atoms with Crippen LogP contribution in [0.25, 0.3) is 0 Å². The molecular formula is C25H37N3O4. The van der Waals surface area contributed by atoms with Crippen LogP contribution in [-0.4, -0.2) is 70.9 Å². The predicted octanol–water partition coefficient (Wildman–Crippen LogP) is 3.76. The Morgan fingerprint density at radius 2 is 1.72 bits per heavy atom. The maximum Gasteiger partial charge on any atom is 0.410 e. The third-order valence-electron chi connectivity index (χ3n) is 6.33. The zero-order valence-corrected chi connectivity index (χ0v) is 20.1. The smallest absolute Gasteiger partial charge is 0.410 e. The van der Waals surface area contributed by atoms with E-state index in [-0.39, 0.29) is 29.9 Å². The predicted molar refractivity (Wildman–Crippen MR) is 123 cm³/mol. The van der Waals surface area contributed by atoms with Crippen LogP contribution in [-0.2, 0) is 14.3 Å². The summed E-state index contributed by atoms with van der Waals surface area (Å²) in [5, 5.41) is 0. The molecule has 2 fully saturated rings. The van der Waals surface area contributed by atoms with E-state index >= 15 is 0 Å². The largest absolute Gasteiger partial charge is 0.444 e. The molecule has 32 heavy (non-hydrogen) atoms. The van der Waals surface area contributed by atoms with Crippen molar-refractivity contribution in [3.8, 4) is 0 Å². The Balaban J connectivity index is 1.78. The van der Waals surface area contributed by atoms with Crippen LogP contribution < -0.4 is 0 Å². The molecule has 0 saturated carbocycles. The van der Waals surface area contributed by atoms with Gasteiger partial charge in [-0.05, 0) is 58.6 Å². The SMILES string of the molecule is CCN1C(=O)CC[C@@H](C(=O)N2CCCN(C(=O)OC(C)(C)C)CC2)[C@@H]1c1ccccc1C. The van der Waals surface area contributed by atoms with Gasteiger partial charge < -0.3 is 19.4 Å². The summed E-state index contributed by atoms with van der Waals surface area (Å²) in [6, 6.07) is 7.78. The van der Waals surface area contributed by atoms with Gasteiger partial charge in [0.2, 0.25) is 11.8 Å². The number of aryl methyl sites for hydroxylation is 1. The molecule has 0 aromatic heterocycles. The van der Waals surface area contributed by atoms with Gasteiger partial charge >= 0.3 is 6.09 Å². The van der Waals surface area contributed by atoms with Gasteiger partial charge in [-0.25, -0.2) is 4.79 Å². The number of hydrogen-bond acceptors (Lipinski definition) is 4. The van der Waals surface area contributed by atoms with Crippen LogP contribution in [0.5, 0.6) is 0 Å². The van der Waals surface area contributed by atoms with Crippen LogP contribution in [0.3, 0.4) is 0 Å². The van der Waals surface area contributed by atoms with E-state index in [0.717, 1.165) is 11.1 Å². The Hall–Kier alpha value is -2.57. The fourth-order valence-corrected chi connectivity index (χ4v) is 4.77. The molecule has 3 rings (SSSR count). The minimum atomic E-state index is -0.544. The molecule has 7 nitrogen and oxygen atoms in total. The highest BCUT2D eigenvalue weighted by Gasteiger charge is 2.42. The van der Waals surface area contributed by atoms with Crippen LogP contribution in [0.2, 0.25) is 0 Å².